The zero-order valence-corrected chi connectivity index (χ0v) is 15.6. The van der Waals surface area contributed by atoms with Crippen LogP contribution >= 0.6 is 0 Å². The number of methoxy groups -OCH3 is 1. The van der Waals surface area contributed by atoms with E-state index in [9.17, 15) is 9.59 Å². The van der Waals surface area contributed by atoms with Gasteiger partial charge >= 0.3 is 0 Å². The van der Waals surface area contributed by atoms with Gasteiger partial charge in [0.15, 0.2) is 0 Å². The molecule has 2 N–H and O–H groups in total. The molecule has 0 aliphatic heterocycles. The van der Waals surface area contributed by atoms with Crippen LogP contribution in [-0.4, -0.2) is 31.6 Å². The number of hydrogen-bond donors (Lipinski definition) is 2. The summed E-state index contributed by atoms with van der Waals surface area (Å²) in [5, 5.41) is 5.79. The van der Waals surface area contributed by atoms with E-state index in [2.05, 4.69) is 10.6 Å². The van der Waals surface area contributed by atoms with Crippen LogP contribution in [0.1, 0.15) is 46.0 Å². The van der Waals surface area contributed by atoms with Gasteiger partial charge in [-0.3, -0.25) is 9.59 Å². The van der Waals surface area contributed by atoms with Crippen LogP contribution in [0.5, 0.6) is 5.75 Å². The first-order chi connectivity index (χ1) is 13.1. The average Bonchev–Trinajstić information content (AvgIpc) is 3.50. The molecule has 27 heavy (non-hydrogen) atoms. The van der Waals surface area contributed by atoms with Gasteiger partial charge in [-0.25, -0.2) is 0 Å². The number of para-hydroxylation sites is 1. The lowest BCUT2D eigenvalue weighted by Gasteiger charge is -2.13. The molecule has 0 saturated heterocycles. The number of carbonyl (C=O) groups excluding carboxylic acids is 2. The van der Waals surface area contributed by atoms with Gasteiger partial charge < -0.3 is 20.1 Å². The zero-order chi connectivity index (χ0) is 19.2. The van der Waals surface area contributed by atoms with E-state index >= 15 is 0 Å². The predicted molar refractivity (Wildman–Crippen MR) is 103 cm³/mol. The number of hydrogen-bond acceptors (Lipinski definition) is 4. The van der Waals surface area contributed by atoms with E-state index in [0.717, 1.165) is 18.4 Å². The van der Waals surface area contributed by atoms with E-state index < -0.39 is 0 Å². The van der Waals surface area contributed by atoms with Crippen molar-refractivity contribution in [2.24, 2.45) is 0 Å². The molecule has 1 aliphatic rings. The van der Waals surface area contributed by atoms with Crippen LogP contribution in [0.15, 0.2) is 42.5 Å². The number of carbonyl (C=O) groups is 2. The molecule has 0 radical (unpaired) electrons. The highest BCUT2D eigenvalue weighted by molar-refractivity contribution is 6.09. The molecule has 6 heteroatoms. The minimum Gasteiger partial charge on any atom is -0.496 e. The van der Waals surface area contributed by atoms with E-state index in [4.69, 9.17) is 9.47 Å². The van der Waals surface area contributed by atoms with Crippen LogP contribution in [0.3, 0.4) is 0 Å². The molecule has 1 fully saturated rings. The summed E-state index contributed by atoms with van der Waals surface area (Å²) in [5.41, 5.74) is 2.22. The fourth-order valence-corrected chi connectivity index (χ4v) is 2.72. The number of ether oxygens (including phenoxy) is 2. The summed E-state index contributed by atoms with van der Waals surface area (Å²) in [6.45, 7) is 2.84. The molecule has 0 spiro atoms. The third-order valence-corrected chi connectivity index (χ3v) is 4.34. The topological polar surface area (TPSA) is 76.7 Å². The molecule has 0 unspecified atom stereocenters. The maximum absolute atomic E-state index is 12.7. The highest BCUT2D eigenvalue weighted by Crippen LogP contribution is 2.24. The third-order valence-electron chi connectivity index (χ3n) is 4.34. The Morgan fingerprint density at radius 1 is 1.11 bits per heavy atom. The second-order valence-electron chi connectivity index (χ2n) is 6.41. The monoisotopic (exact) mass is 368 g/mol. The molecule has 2 aromatic carbocycles. The fraction of sp³-hybridized carbons (Fsp3) is 0.333. The van der Waals surface area contributed by atoms with E-state index in [1.165, 1.54) is 0 Å². The Morgan fingerprint density at radius 2 is 1.89 bits per heavy atom. The van der Waals surface area contributed by atoms with E-state index in [1.54, 1.807) is 49.6 Å². The van der Waals surface area contributed by atoms with Crippen LogP contribution in [-0.2, 0) is 11.3 Å². The minimum absolute atomic E-state index is 0.167. The first-order valence-electron chi connectivity index (χ1n) is 9.08. The van der Waals surface area contributed by atoms with E-state index in [1.807, 2.05) is 6.92 Å². The van der Waals surface area contributed by atoms with Crippen LogP contribution < -0.4 is 15.4 Å². The highest BCUT2D eigenvalue weighted by Gasteiger charge is 2.25. The number of amides is 2. The molecule has 0 bridgehead atoms. The van der Waals surface area contributed by atoms with E-state index in [0.29, 0.717) is 35.8 Å². The first-order valence-corrected chi connectivity index (χ1v) is 9.08. The van der Waals surface area contributed by atoms with Crippen molar-refractivity contribution in [1.82, 2.24) is 5.32 Å². The van der Waals surface area contributed by atoms with Crippen LogP contribution in [0, 0.1) is 0 Å². The maximum atomic E-state index is 12.7. The molecule has 1 saturated carbocycles. The molecule has 2 amide bonds. The molecule has 1 aliphatic carbocycles. The predicted octanol–water partition coefficient (Wildman–Crippen LogP) is 3.38. The van der Waals surface area contributed by atoms with Gasteiger partial charge in [0.05, 0.1) is 25.0 Å². The SMILES string of the molecule is CCOCc1cc(C(=O)Nc2ccccc2C(=O)NC2CC2)ccc1OC. The second kappa shape index (κ2) is 8.68. The van der Waals surface area contributed by atoms with Gasteiger partial charge in [-0.15, -0.1) is 0 Å². The summed E-state index contributed by atoms with van der Waals surface area (Å²) in [6, 6.07) is 12.4. The van der Waals surface area contributed by atoms with Crippen molar-refractivity contribution in [2.75, 3.05) is 19.0 Å². The average molecular weight is 368 g/mol. The lowest BCUT2D eigenvalue weighted by atomic mass is 10.1. The zero-order valence-electron chi connectivity index (χ0n) is 15.6. The standard InChI is InChI=1S/C21H24N2O4/c1-3-27-13-15-12-14(8-11-19(15)26-2)20(24)23-18-7-5-4-6-17(18)21(25)22-16-9-10-16/h4-8,11-12,16H,3,9-10,13H2,1-2H3,(H,22,25)(H,23,24). The normalized spacial score (nSPS) is 13.1. The number of rotatable bonds is 8. The minimum atomic E-state index is -0.290. The van der Waals surface area contributed by atoms with Crippen LogP contribution in [0.25, 0.3) is 0 Å². The Bertz CT molecular complexity index is 831. The van der Waals surface area contributed by atoms with Gasteiger partial charge in [-0.1, -0.05) is 12.1 Å². The van der Waals surface area contributed by atoms with Gasteiger partial charge in [0, 0.05) is 23.8 Å². The Labute approximate surface area is 158 Å². The summed E-state index contributed by atoms with van der Waals surface area (Å²) in [5.74, 6) is 0.214. The van der Waals surface area contributed by atoms with Crippen molar-refractivity contribution < 1.29 is 19.1 Å². The van der Waals surface area contributed by atoms with E-state index in [-0.39, 0.29) is 17.9 Å². The molecule has 0 heterocycles. The summed E-state index contributed by atoms with van der Waals surface area (Å²) in [6.07, 6.45) is 2.02. The molecule has 142 valence electrons. The maximum Gasteiger partial charge on any atom is 0.255 e. The molecule has 2 aromatic rings. The summed E-state index contributed by atoms with van der Waals surface area (Å²) in [4.78, 5) is 25.1. The molecular formula is C21H24N2O4. The quantitative estimate of drug-likeness (QED) is 0.749. The van der Waals surface area contributed by atoms with Gasteiger partial charge in [0.2, 0.25) is 0 Å². The first kappa shape index (κ1) is 18.9. The van der Waals surface area contributed by atoms with Gasteiger partial charge in [0.1, 0.15) is 5.75 Å². The molecule has 0 aromatic heterocycles. The Morgan fingerprint density at radius 3 is 2.59 bits per heavy atom. The smallest absolute Gasteiger partial charge is 0.255 e. The van der Waals surface area contributed by atoms with Crippen molar-refractivity contribution >= 4 is 17.5 Å². The van der Waals surface area contributed by atoms with Gasteiger partial charge in [-0.05, 0) is 50.1 Å². The number of anilines is 1. The van der Waals surface area contributed by atoms with Crippen molar-refractivity contribution in [3.63, 3.8) is 0 Å². The lowest BCUT2D eigenvalue weighted by molar-refractivity contribution is 0.0952. The highest BCUT2D eigenvalue weighted by atomic mass is 16.5. The third kappa shape index (κ3) is 4.86. The fourth-order valence-electron chi connectivity index (χ4n) is 2.72. The molecule has 0 atom stereocenters. The Hall–Kier alpha value is -2.86. The van der Waals surface area contributed by atoms with Gasteiger partial charge in [0.25, 0.3) is 11.8 Å². The molecular weight excluding hydrogens is 344 g/mol. The van der Waals surface area contributed by atoms with Crippen LogP contribution in [0.4, 0.5) is 5.69 Å². The van der Waals surface area contributed by atoms with Crippen LogP contribution in [0.2, 0.25) is 0 Å². The lowest BCUT2D eigenvalue weighted by Crippen LogP contribution is -2.27. The number of nitrogens with one attached hydrogen (secondary N) is 2. The number of benzene rings is 2. The van der Waals surface area contributed by atoms with Crippen molar-refractivity contribution in [2.45, 2.75) is 32.4 Å². The van der Waals surface area contributed by atoms with Crippen molar-refractivity contribution in [1.29, 1.82) is 0 Å². The van der Waals surface area contributed by atoms with Gasteiger partial charge in [-0.2, -0.15) is 0 Å². The summed E-state index contributed by atoms with van der Waals surface area (Å²) < 4.78 is 10.8. The molecule has 3 rings (SSSR count). The second-order valence-corrected chi connectivity index (χ2v) is 6.41. The summed E-state index contributed by atoms with van der Waals surface area (Å²) in [7, 11) is 1.58. The molecule has 6 nitrogen and oxygen atoms in total. The summed E-state index contributed by atoms with van der Waals surface area (Å²) >= 11 is 0. The largest absolute Gasteiger partial charge is 0.496 e. The Balaban J connectivity index is 1.78. The van der Waals surface area contributed by atoms with Crippen molar-refractivity contribution in [3.8, 4) is 5.75 Å². The Kier molecular flexibility index (Phi) is 6.08. The van der Waals surface area contributed by atoms with Crippen molar-refractivity contribution in [3.05, 3.63) is 59.2 Å².